The molecule has 0 radical (unpaired) electrons. The van der Waals surface area contributed by atoms with Gasteiger partial charge in [0.2, 0.25) is 0 Å². The number of pyridine rings is 1. The highest BCUT2D eigenvalue weighted by atomic mass is 79.9. The summed E-state index contributed by atoms with van der Waals surface area (Å²) >= 11 is 3.23. The molecule has 0 N–H and O–H groups in total. The van der Waals surface area contributed by atoms with Crippen LogP contribution in [0.2, 0.25) is 0 Å². The minimum atomic E-state index is -0.254. The molecule has 1 aromatic heterocycles. The van der Waals surface area contributed by atoms with E-state index in [0.717, 1.165) is 16.6 Å². The van der Waals surface area contributed by atoms with Crippen LogP contribution in [0.25, 0.3) is 0 Å². The van der Waals surface area contributed by atoms with Crippen LogP contribution in [0.4, 0.5) is 4.39 Å². The molecular weight excluding hydrogens is 209 g/mol. The largest absolute Gasteiger partial charge is 0.251 e. The molecule has 1 heterocycles. The Labute approximate surface area is 73.8 Å². The van der Waals surface area contributed by atoms with Crippen LogP contribution in [0.15, 0.2) is 22.9 Å². The number of aromatic nitrogens is 1. The SMILES string of the molecule is FCCCc1ccc(Br)nc1. The summed E-state index contributed by atoms with van der Waals surface area (Å²) in [5.74, 6) is 0. The molecule has 1 nitrogen and oxygen atoms in total. The van der Waals surface area contributed by atoms with E-state index in [1.165, 1.54) is 0 Å². The molecule has 0 bridgehead atoms. The molecule has 0 saturated heterocycles. The van der Waals surface area contributed by atoms with E-state index in [9.17, 15) is 4.39 Å². The van der Waals surface area contributed by atoms with Crippen molar-refractivity contribution >= 4 is 15.9 Å². The average molecular weight is 218 g/mol. The molecule has 0 aromatic carbocycles. The highest BCUT2D eigenvalue weighted by Crippen LogP contribution is 2.07. The summed E-state index contributed by atoms with van der Waals surface area (Å²) in [5, 5.41) is 0. The van der Waals surface area contributed by atoms with Gasteiger partial charge in [-0.25, -0.2) is 4.98 Å². The molecule has 0 unspecified atom stereocenters. The summed E-state index contributed by atoms with van der Waals surface area (Å²) in [6.45, 7) is -0.254. The van der Waals surface area contributed by atoms with Crippen molar-refractivity contribution in [2.45, 2.75) is 12.8 Å². The first-order valence-corrected chi connectivity index (χ1v) is 4.28. The van der Waals surface area contributed by atoms with Crippen LogP contribution in [0.3, 0.4) is 0 Å². The first-order valence-electron chi connectivity index (χ1n) is 3.49. The smallest absolute Gasteiger partial charge is 0.106 e. The second kappa shape index (κ2) is 4.44. The van der Waals surface area contributed by atoms with Gasteiger partial charge >= 0.3 is 0 Å². The van der Waals surface area contributed by atoms with E-state index in [1.54, 1.807) is 6.20 Å². The minimum Gasteiger partial charge on any atom is -0.251 e. The lowest BCUT2D eigenvalue weighted by Gasteiger charge is -1.96. The zero-order chi connectivity index (χ0) is 8.10. The highest BCUT2D eigenvalue weighted by Gasteiger charge is 1.92. The van der Waals surface area contributed by atoms with Gasteiger partial charge in [0, 0.05) is 6.20 Å². The average Bonchev–Trinajstić information content (AvgIpc) is 2.04. The quantitative estimate of drug-likeness (QED) is 0.710. The number of hydrogen-bond donors (Lipinski definition) is 0. The van der Waals surface area contributed by atoms with Gasteiger partial charge in [-0.05, 0) is 40.4 Å². The second-order valence-electron chi connectivity index (χ2n) is 2.28. The van der Waals surface area contributed by atoms with E-state index in [2.05, 4.69) is 20.9 Å². The van der Waals surface area contributed by atoms with Crippen LogP contribution < -0.4 is 0 Å². The van der Waals surface area contributed by atoms with Crippen molar-refractivity contribution in [1.82, 2.24) is 4.98 Å². The lowest BCUT2D eigenvalue weighted by Crippen LogP contribution is -1.87. The Bertz CT molecular complexity index is 210. The molecule has 0 fully saturated rings. The highest BCUT2D eigenvalue weighted by molar-refractivity contribution is 9.10. The Hall–Kier alpha value is -0.440. The van der Waals surface area contributed by atoms with Gasteiger partial charge in [0.1, 0.15) is 4.60 Å². The van der Waals surface area contributed by atoms with E-state index in [1.807, 2.05) is 12.1 Å². The second-order valence-corrected chi connectivity index (χ2v) is 3.09. The van der Waals surface area contributed by atoms with Crippen LogP contribution in [0, 0.1) is 0 Å². The lowest BCUT2D eigenvalue weighted by molar-refractivity contribution is 0.473. The van der Waals surface area contributed by atoms with E-state index < -0.39 is 0 Å². The lowest BCUT2D eigenvalue weighted by atomic mass is 10.2. The molecule has 0 aliphatic carbocycles. The predicted molar refractivity (Wildman–Crippen MR) is 46.2 cm³/mol. The fraction of sp³-hybridized carbons (Fsp3) is 0.375. The molecular formula is C8H9BrFN. The Morgan fingerprint density at radius 3 is 2.82 bits per heavy atom. The minimum absolute atomic E-state index is 0.254. The zero-order valence-electron chi connectivity index (χ0n) is 6.06. The Balaban J connectivity index is 2.52. The number of rotatable bonds is 3. The van der Waals surface area contributed by atoms with E-state index in [-0.39, 0.29) is 6.67 Å². The molecule has 0 atom stereocenters. The zero-order valence-corrected chi connectivity index (χ0v) is 7.64. The molecule has 11 heavy (non-hydrogen) atoms. The molecule has 1 rings (SSSR count). The van der Waals surface area contributed by atoms with Gasteiger partial charge in [-0.3, -0.25) is 4.39 Å². The molecule has 1 aromatic rings. The fourth-order valence-corrected chi connectivity index (χ4v) is 1.06. The monoisotopic (exact) mass is 217 g/mol. The predicted octanol–water partition coefficient (Wildman–Crippen LogP) is 2.75. The van der Waals surface area contributed by atoms with Crippen molar-refractivity contribution in [3.05, 3.63) is 28.5 Å². The van der Waals surface area contributed by atoms with Crippen molar-refractivity contribution < 1.29 is 4.39 Å². The molecule has 0 aliphatic heterocycles. The fourth-order valence-electron chi connectivity index (χ4n) is 0.825. The number of hydrogen-bond acceptors (Lipinski definition) is 1. The summed E-state index contributed by atoms with van der Waals surface area (Å²) in [7, 11) is 0. The van der Waals surface area contributed by atoms with Crippen molar-refractivity contribution in [3.63, 3.8) is 0 Å². The third kappa shape index (κ3) is 2.97. The van der Waals surface area contributed by atoms with Crippen molar-refractivity contribution in [2.75, 3.05) is 6.67 Å². The van der Waals surface area contributed by atoms with Crippen LogP contribution in [-0.4, -0.2) is 11.7 Å². The third-order valence-electron chi connectivity index (χ3n) is 1.39. The van der Waals surface area contributed by atoms with Gasteiger partial charge in [0.15, 0.2) is 0 Å². The van der Waals surface area contributed by atoms with Gasteiger partial charge in [0.25, 0.3) is 0 Å². The van der Waals surface area contributed by atoms with E-state index >= 15 is 0 Å². The van der Waals surface area contributed by atoms with Gasteiger partial charge in [0.05, 0.1) is 6.67 Å². The van der Waals surface area contributed by atoms with Gasteiger partial charge < -0.3 is 0 Å². The molecule has 0 saturated carbocycles. The molecule has 3 heteroatoms. The first-order chi connectivity index (χ1) is 5.33. The number of halogens is 2. The Morgan fingerprint density at radius 2 is 2.27 bits per heavy atom. The topological polar surface area (TPSA) is 12.9 Å². The van der Waals surface area contributed by atoms with Gasteiger partial charge in [-0.1, -0.05) is 6.07 Å². The molecule has 0 aliphatic rings. The Morgan fingerprint density at radius 1 is 1.45 bits per heavy atom. The van der Waals surface area contributed by atoms with Gasteiger partial charge in [-0.15, -0.1) is 0 Å². The van der Waals surface area contributed by atoms with E-state index in [4.69, 9.17) is 0 Å². The van der Waals surface area contributed by atoms with Crippen molar-refractivity contribution in [1.29, 1.82) is 0 Å². The normalized spacial score (nSPS) is 10.0. The summed E-state index contributed by atoms with van der Waals surface area (Å²) in [5.41, 5.74) is 1.09. The number of alkyl halides is 1. The maximum absolute atomic E-state index is 11.7. The van der Waals surface area contributed by atoms with Crippen LogP contribution in [0.1, 0.15) is 12.0 Å². The summed E-state index contributed by atoms with van der Waals surface area (Å²) in [6, 6.07) is 3.82. The first kappa shape index (κ1) is 8.65. The molecule has 0 spiro atoms. The van der Waals surface area contributed by atoms with Crippen LogP contribution in [0.5, 0.6) is 0 Å². The standard InChI is InChI=1S/C8H9BrFN/c9-8-4-3-7(6-11-8)2-1-5-10/h3-4,6H,1-2,5H2. The molecule has 60 valence electrons. The van der Waals surface area contributed by atoms with Gasteiger partial charge in [-0.2, -0.15) is 0 Å². The third-order valence-corrected chi connectivity index (χ3v) is 1.86. The number of nitrogens with zero attached hydrogens (tertiary/aromatic N) is 1. The van der Waals surface area contributed by atoms with Crippen LogP contribution in [-0.2, 0) is 6.42 Å². The van der Waals surface area contributed by atoms with Crippen molar-refractivity contribution in [2.24, 2.45) is 0 Å². The van der Waals surface area contributed by atoms with E-state index in [0.29, 0.717) is 6.42 Å². The summed E-state index contributed by atoms with van der Waals surface area (Å²) in [4.78, 5) is 4.03. The Kier molecular flexibility index (Phi) is 3.49. The summed E-state index contributed by atoms with van der Waals surface area (Å²) in [6.07, 6.45) is 3.12. The van der Waals surface area contributed by atoms with Crippen molar-refractivity contribution in [3.8, 4) is 0 Å². The maximum atomic E-state index is 11.7. The van der Waals surface area contributed by atoms with Crippen LogP contribution >= 0.6 is 15.9 Å². The maximum Gasteiger partial charge on any atom is 0.106 e. The number of aryl methyl sites for hydroxylation is 1. The molecule has 0 amide bonds. The summed E-state index contributed by atoms with van der Waals surface area (Å²) < 4.78 is 12.5.